The lowest BCUT2D eigenvalue weighted by Gasteiger charge is -2.36. The topological polar surface area (TPSA) is 163 Å². The molecule has 0 unspecified atom stereocenters. The summed E-state index contributed by atoms with van der Waals surface area (Å²) in [7, 11) is 0. The number of imide groups is 1. The van der Waals surface area contributed by atoms with E-state index in [9.17, 15) is 39.2 Å². The third-order valence-electron chi connectivity index (χ3n) is 7.81. The molecule has 3 heterocycles. The number of halogens is 1. The fourth-order valence-electron chi connectivity index (χ4n) is 5.32. The van der Waals surface area contributed by atoms with Crippen molar-refractivity contribution in [2.75, 3.05) is 37.6 Å². The number of non-ortho nitro benzene ring substituents is 1. The lowest BCUT2D eigenvalue weighted by Crippen LogP contribution is -2.52. The van der Waals surface area contributed by atoms with Gasteiger partial charge in [-0.2, -0.15) is 0 Å². The van der Waals surface area contributed by atoms with Crippen molar-refractivity contribution in [3.05, 3.63) is 84.8 Å². The number of aromatic nitrogens is 1. The van der Waals surface area contributed by atoms with Crippen LogP contribution in [-0.2, 0) is 9.59 Å². The van der Waals surface area contributed by atoms with Crippen LogP contribution < -0.4 is 10.3 Å². The molecule has 44 heavy (non-hydrogen) atoms. The van der Waals surface area contributed by atoms with Crippen LogP contribution in [0.4, 0.5) is 20.6 Å². The van der Waals surface area contributed by atoms with Gasteiger partial charge in [-0.3, -0.25) is 34.2 Å². The molecule has 2 saturated heterocycles. The van der Waals surface area contributed by atoms with Crippen LogP contribution in [0.25, 0.3) is 17.0 Å². The molecule has 0 atom stereocenters. The zero-order valence-corrected chi connectivity index (χ0v) is 23.8. The summed E-state index contributed by atoms with van der Waals surface area (Å²) in [6, 6.07) is 8.11. The van der Waals surface area contributed by atoms with E-state index in [1.165, 1.54) is 41.4 Å². The minimum absolute atomic E-state index is 0.00771. The quantitative estimate of drug-likeness (QED) is 0.235. The number of carbonyl (C=O) groups is 4. The Bertz CT molecular complexity index is 1840. The molecule has 2 aliphatic heterocycles. The third-order valence-corrected chi connectivity index (χ3v) is 8.72. The second kappa shape index (κ2) is 11.2. The number of amides is 3. The number of carbonyl (C=O) groups excluding carboxylic acids is 3. The first-order valence-corrected chi connectivity index (χ1v) is 14.5. The number of hydrogen-bond acceptors (Lipinski definition) is 9. The summed E-state index contributed by atoms with van der Waals surface area (Å²) in [6.07, 6.45) is 4.38. The van der Waals surface area contributed by atoms with Gasteiger partial charge in [0.15, 0.2) is 0 Å². The maximum absolute atomic E-state index is 15.3. The molecule has 1 aromatic heterocycles. The van der Waals surface area contributed by atoms with Gasteiger partial charge < -0.3 is 19.5 Å². The highest BCUT2D eigenvalue weighted by Crippen LogP contribution is 2.38. The highest BCUT2D eigenvalue weighted by Gasteiger charge is 2.38. The van der Waals surface area contributed by atoms with Crippen molar-refractivity contribution in [2.45, 2.75) is 18.9 Å². The SMILES string of the molecule is O=C(O)c1cn(C2CC2)c2cc(N3CCN(C(=O)CN4C(=O)S/C(=C\c5ccc([N+](=O)[O-])cc5)C4=O)CC3)c(F)cc2c1=O. The summed E-state index contributed by atoms with van der Waals surface area (Å²) < 4.78 is 17.0. The van der Waals surface area contributed by atoms with Crippen molar-refractivity contribution in [1.29, 1.82) is 0 Å². The molecule has 13 nitrogen and oxygen atoms in total. The molecule has 3 aromatic rings. The molecule has 2 aromatic carbocycles. The smallest absolute Gasteiger partial charge is 0.341 e. The van der Waals surface area contributed by atoms with Gasteiger partial charge in [-0.05, 0) is 60.5 Å². The molecule has 226 valence electrons. The van der Waals surface area contributed by atoms with Crippen molar-refractivity contribution in [3.63, 3.8) is 0 Å². The molecule has 0 radical (unpaired) electrons. The molecule has 6 rings (SSSR count). The summed E-state index contributed by atoms with van der Waals surface area (Å²) in [6.45, 7) is 0.414. The zero-order chi connectivity index (χ0) is 31.3. The molecule has 15 heteroatoms. The summed E-state index contributed by atoms with van der Waals surface area (Å²) in [4.78, 5) is 77.3. The number of pyridine rings is 1. The average molecular weight is 622 g/mol. The Morgan fingerprint density at radius 1 is 1.07 bits per heavy atom. The number of anilines is 1. The van der Waals surface area contributed by atoms with Crippen LogP contribution in [0, 0.1) is 15.9 Å². The normalized spacial score (nSPS) is 18.0. The van der Waals surface area contributed by atoms with Crippen LogP contribution in [0.3, 0.4) is 0 Å². The molecule has 1 N–H and O–H groups in total. The number of thioether (sulfide) groups is 1. The first-order chi connectivity index (χ1) is 21.0. The van der Waals surface area contributed by atoms with E-state index in [4.69, 9.17) is 0 Å². The Kier molecular flexibility index (Phi) is 7.41. The van der Waals surface area contributed by atoms with Gasteiger partial charge in [0.2, 0.25) is 11.3 Å². The Hall–Kier alpha value is -5.05. The Labute approximate surface area is 252 Å². The van der Waals surface area contributed by atoms with Gasteiger partial charge in [-0.1, -0.05) is 0 Å². The van der Waals surface area contributed by atoms with E-state index in [0.717, 1.165) is 23.8 Å². The van der Waals surface area contributed by atoms with Crippen molar-refractivity contribution in [3.8, 4) is 0 Å². The van der Waals surface area contributed by atoms with E-state index < -0.39 is 51.3 Å². The standard InChI is InChI=1S/C29H24FN5O8S/c30-21-12-19-22(33(17-5-6-17)14-20(26(19)37)28(39)40)13-23(21)31-7-9-32(10-8-31)25(36)15-34-27(38)24(44-29(34)41)11-16-1-3-18(4-2-16)35(42)43/h1-4,11-14,17H,5-10,15H2,(H,39,40)/b24-11-. The fourth-order valence-corrected chi connectivity index (χ4v) is 6.16. The molecule has 3 amide bonds. The summed E-state index contributed by atoms with van der Waals surface area (Å²) in [5.74, 6) is -3.15. The Morgan fingerprint density at radius 2 is 1.75 bits per heavy atom. The number of rotatable bonds is 7. The van der Waals surface area contributed by atoms with Crippen LogP contribution in [-0.4, -0.2) is 80.1 Å². The van der Waals surface area contributed by atoms with Gasteiger partial charge in [0, 0.05) is 55.9 Å². The monoisotopic (exact) mass is 621 g/mol. The number of nitro groups is 1. The summed E-state index contributed by atoms with van der Waals surface area (Å²) in [5, 5.41) is 19.7. The van der Waals surface area contributed by atoms with Crippen molar-refractivity contribution in [2.24, 2.45) is 0 Å². The second-order valence-electron chi connectivity index (χ2n) is 10.6. The molecule has 3 aliphatic rings. The zero-order valence-electron chi connectivity index (χ0n) is 23.0. The van der Waals surface area contributed by atoms with Gasteiger partial charge in [-0.15, -0.1) is 0 Å². The molecular formula is C29H24FN5O8S. The minimum Gasteiger partial charge on any atom is -0.477 e. The highest BCUT2D eigenvalue weighted by molar-refractivity contribution is 8.18. The minimum atomic E-state index is -1.37. The van der Waals surface area contributed by atoms with Gasteiger partial charge >= 0.3 is 5.97 Å². The van der Waals surface area contributed by atoms with E-state index in [1.807, 2.05) is 0 Å². The lowest BCUT2D eigenvalue weighted by molar-refractivity contribution is -0.384. The molecule has 0 bridgehead atoms. The van der Waals surface area contributed by atoms with Crippen molar-refractivity contribution in [1.82, 2.24) is 14.4 Å². The molecule has 3 fully saturated rings. The first kappa shape index (κ1) is 29.0. The van der Waals surface area contributed by atoms with Gasteiger partial charge in [0.1, 0.15) is 17.9 Å². The Morgan fingerprint density at radius 3 is 2.36 bits per heavy atom. The van der Waals surface area contributed by atoms with Gasteiger partial charge in [0.05, 0.1) is 21.0 Å². The van der Waals surface area contributed by atoms with E-state index in [0.29, 0.717) is 22.8 Å². The molecular weight excluding hydrogens is 597 g/mol. The highest BCUT2D eigenvalue weighted by atomic mass is 32.2. The number of nitrogens with zero attached hydrogens (tertiary/aromatic N) is 5. The summed E-state index contributed by atoms with van der Waals surface area (Å²) in [5.41, 5.74) is -0.119. The van der Waals surface area contributed by atoms with E-state index in [2.05, 4.69) is 0 Å². The first-order valence-electron chi connectivity index (χ1n) is 13.7. The predicted octanol–water partition coefficient (Wildman–Crippen LogP) is 3.47. The van der Waals surface area contributed by atoms with E-state index in [-0.39, 0.29) is 53.9 Å². The summed E-state index contributed by atoms with van der Waals surface area (Å²) >= 11 is 0.674. The predicted molar refractivity (Wildman–Crippen MR) is 158 cm³/mol. The second-order valence-corrected chi connectivity index (χ2v) is 11.6. The number of piperazine rings is 1. The maximum Gasteiger partial charge on any atom is 0.341 e. The average Bonchev–Trinajstić information content (AvgIpc) is 3.81. The molecule has 1 aliphatic carbocycles. The maximum atomic E-state index is 15.3. The molecule has 1 saturated carbocycles. The Balaban J connectivity index is 1.13. The third kappa shape index (κ3) is 5.41. The number of aromatic carboxylic acids is 1. The number of hydrogen-bond donors (Lipinski definition) is 1. The largest absolute Gasteiger partial charge is 0.477 e. The van der Waals surface area contributed by atoms with E-state index in [1.54, 1.807) is 15.5 Å². The molecule has 0 spiro atoms. The fraction of sp³-hybridized carbons (Fsp3) is 0.276. The van der Waals surface area contributed by atoms with Gasteiger partial charge in [-0.25, -0.2) is 9.18 Å². The number of carboxylic acid groups (broad SMARTS) is 1. The number of carboxylic acids is 1. The number of benzene rings is 2. The van der Waals surface area contributed by atoms with Crippen LogP contribution >= 0.6 is 11.8 Å². The van der Waals surface area contributed by atoms with Crippen LogP contribution in [0.5, 0.6) is 0 Å². The van der Waals surface area contributed by atoms with E-state index >= 15 is 4.39 Å². The number of fused-ring (bicyclic) bond motifs is 1. The van der Waals surface area contributed by atoms with Crippen molar-refractivity contribution < 1.29 is 33.6 Å². The number of nitro benzene ring substituents is 1. The van der Waals surface area contributed by atoms with Crippen LogP contribution in [0.2, 0.25) is 0 Å². The lowest BCUT2D eigenvalue weighted by atomic mass is 10.1. The van der Waals surface area contributed by atoms with Crippen molar-refractivity contribution >= 4 is 63.1 Å². The van der Waals surface area contributed by atoms with Crippen LogP contribution in [0.1, 0.15) is 34.8 Å². The van der Waals surface area contributed by atoms with Crippen LogP contribution in [0.15, 0.2) is 52.3 Å². The van der Waals surface area contributed by atoms with Gasteiger partial charge in [0.25, 0.3) is 16.8 Å².